The molecular weight excluding hydrogens is 236 g/mol. The fourth-order valence-corrected chi connectivity index (χ4v) is 2.99. The van der Waals surface area contributed by atoms with Crippen LogP contribution in [-0.4, -0.2) is 54.7 Å². The molecule has 0 aromatic heterocycles. The second-order valence-corrected chi connectivity index (χ2v) is 5.71. The van der Waals surface area contributed by atoms with Gasteiger partial charge in [0.25, 0.3) is 0 Å². The third-order valence-electron chi connectivity index (χ3n) is 3.90. The SMILES string of the molecule is CN(CCO)C[C@@H]1CCCN(Cc2ccccc2)C1. The molecule has 19 heavy (non-hydrogen) atoms. The van der Waals surface area contributed by atoms with E-state index in [-0.39, 0.29) is 6.61 Å². The molecule has 3 heteroatoms. The summed E-state index contributed by atoms with van der Waals surface area (Å²) in [6, 6.07) is 10.7. The van der Waals surface area contributed by atoms with Crippen LogP contribution in [0.25, 0.3) is 0 Å². The van der Waals surface area contributed by atoms with E-state index >= 15 is 0 Å². The molecule has 0 spiro atoms. The van der Waals surface area contributed by atoms with Crippen LogP contribution < -0.4 is 0 Å². The van der Waals surface area contributed by atoms with Gasteiger partial charge in [-0.15, -0.1) is 0 Å². The molecule has 1 fully saturated rings. The van der Waals surface area contributed by atoms with Crippen molar-refractivity contribution in [3.05, 3.63) is 35.9 Å². The van der Waals surface area contributed by atoms with Crippen LogP contribution in [0.4, 0.5) is 0 Å². The molecule has 1 aromatic rings. The molecule has 0 saturated carbocycles. The molecule has 1 atom stereocenters. The molecule has 1 aliphatic heterocycles. The van der Waals surface area contributed by atoms with Gasteiger partial charge in [-0.05, 0) is 37.9 Å². The third kappa shape index (κ3) is 4.94. The van der Waals surface area contributed by atoms with Crippen molar-refractivity contribution in [1.29, 1.82) is 0 Å². The predicted molar refractivity (Wildman–Crippen MR) is 79.0 cm³/mol. The Morgan fingerprint density at radius 3 is 2.84 bits per heavy atom. The van der Waals surface area contributed by atoms with Crippen LogP contribution in [-0.2, 0) is 6.54 Å². The Morgan fingerprint density at radius 2 is 2.11 bits per heavy atom. The molecule has 0 aliphatic carbocycles. The molecule has 3 nitrogen and oxygen atoms in total. The zero-order valence-electron chi connectivity index (χ0n) is 12.0. The minimum atomic E-state index is 0.261. The number of likely N-dealkylation sites (tertiary alicyclic amines) is 1. The summed E-state index contributed by atoms with van der Waals surface area (Å²) in [7, 11) is 2.10. The van der Waals surface area contributed by atoms with Gasteiger partial charge in [0.05, 0.1) is 6.61 Å². The zero-order chi connectivity index (χ0) is 13.5. The molecule has 1 N–H and O–H groups in total. The number of nitrogens with zero attached hydrogens (tertiary/aromatic N) is 2. The van der Waals surface area contributed by atoms with Crippen molar-refractivity contribution in [2.45, 2.75) is 19.4 Å². The highest BCUT2D eigenvalue weighted by Gasteiger charge is 2.20. The summed E-state index contributed by atoms with van der Waals surface area (Å²) in [6.45, 7) is 5.62. The van der Waals surface area contributed by atoms with Crippen LogP contribution in [0.2, 0.25) is 0 Å². The number of hydrogen-bond donors (Lipinski definition) is 1. The maximum absolute atomic E-state index is 8.96. The molecule has 106 valence electrons. The second-order valence-electron chi connectivity index (χ2n) is 5.71. The number of aliphatic hydroxyl groups excluding tert-OH is 1. The fraction of sp³-hybridized carbons (Fsp3) is 0.625. The molecule has 1 aliphatic rings. The summed E-state index contributed by atoms with van der Waals surface area (Å²) in [6.07, 6.45) is 2.62. The van der Waals surface area contributed by atoms with E-state index in [0.717, 1.165) is 25.6 Å². The minimum absolute atomic E-state index is 0.261. The van der Waals surface area contributed by atoms with Gasteiger partial charge < -0.3 is 10.0 Å². The highest BCUT2D eigenvalue weighted by Crippen LogP contribution is 2.19. The van der Waals surface area contributed by atoms with Crippen molar-refractivity contribution >= 4 is 0 Å². The van der Waals surface area contributed by atoms with Crippen molar-refractivity contribution in [2.24, 2.45) is 5.92 Å². The normalized spacial score (nSPS) is 20.9. The van der Waals surface area contributed by atoms with Crippen molar-refractivity contribution in [3.63, 3.8) is 0 Å². The van der Waals surface area contributed by atoms with Crippen molar-refractivity contribution in [3.8, 4) is 0 Å². The highest BCUT2D eigenvalue weighted by molar-refractivity contribution is 5.14. The van der Waals surface area contributed by atoms with E-state index in [4.69, 9.17) is 5.11 Å². The quantitative estimate of drug-likeness (QED) is 0.847. The summed E-state index contributed by atoms with van der Waals surface area (Å²) in [5.74, 6) is 0.744. The first-order valence-electron chi connectivity index (χ1n) is 7.33. The molecule has 0 amide bonds. The Hall–Kier alpha value is -0.900. The van der Waals surface area contributed by atoms with E-state index in [1.165, 1.54) is 31.5 Å². The van der Waals surface area contributed by atoms with E-state index in [0.29, 0.717) is 0 Å². The second kappa shape index (κ2) is 7.63. The van der Waals surface area contributed by atoms with E-state index in [1.54, 1.807) is 0 Å². The Balaban J connectivity index is 1.80. The van der Waals surface area contributed by atoms with Gasteiger partial charge in [-0.25, -0.2) is 0 Å². The lowest BCUT2D eigenvalue weighted by Crippen LogP contribution is -2.40. The maximum atomic E-state index is 8.96. The number of rotatable bonds is 6. The first-order chi connectivity index (χ1) is 9.28. The standard InChI is InChI=1S/C16H26N2O/c1-17(10-11-19)12-16-8-5-9-18(14-16)13-15-6-3-2-4-7-15/h2-4,6-7,16,19H,5,8-14H2,1H3/t16-/m0/s1. The summed E-state index contributed by atoms with van der Waals surface area (Å²) >= 11 is 0. The van der Waals surface area contributed by atoms with Gasteiger partial charge in [0, 0.05) is 26.2 Å². The topological polar surface area (TPSA) is 26.7 Å². The van der Waals surface area contributed by atoms with Crippen LogP contribution >= 0.6 is 0 Å². The molecule has 0 radical (unpaired) electrons. The summed E-state index contributed by atoms with van der Waals surface area (Å²) in [4.78, 5) is 4.81. The lowest BCUT2D eigenvalue weighted by molar-refractivity contribution is 0.128. The first-order valence-corrected chi connectivity index (χ1v) is 7.33. The molecule has 1 heterocycles. The van der Waals surface area contributed by atoms with Gasteiger partial charge in [-0.1, -0.05) is 30.3 Å². The van der Waals surface area contributed by atoms with Crippen LogP contribution in [0.15, 0.2) is 30.3 Å². The Morgan fingerprint density at radius 1 is 1.32 bits per heavy atom. The van der Waals surface area contributed by atoms with E-state index in [1.807, 2.05) is 0 Å². The molecule has 1 aromatic carbocycles. The average molecular weight is 262 g/mol. The summed E-state index contributed by atoms with van der Waals surface area (Å²) < 4.78 is 0. The largest absolute Gasteiger partial charge is 0.395 e. The Bertz CT molecular complexity index is 355. The van der Waals surface area contributed by atoms with E-state index in [9.17, 15) is 0 Å². The highest BCUT2D eigenvalue weighted by atomic mass is 16.3. The molecule has 2 rings (SSSR count). The lowest BCUT2D eigenvalue weighted by Gasteiger charge is -2.34. The van der Waals surface area contributed by atoms with Crippen molar-refractivity contribution in [1.82, 2.24) is 9.80 Å². The van der Waals surface area contributed by atoms with Crippen molar-refractivity contribution < 1.29 is 5.11 Å². The number of piperidine rings is 1. The summed E-state index contributed by atoms with van der Waals surface area (Å²) in [5.41, 5.74) is 1.41. The number of benzene rings is 1. The number of aliphatic hydroxyl groups is 1. The molecule has 0 bridgehead atoms. The van der Waals surface area contributed by atoms with Crippen LogP contribution in [0.1, 0.15) is 18.4 Å². The monoisotopic (exact) mass is 262 g/mol. The van der Waals surface area contributed by atoms with Crippen LogP contribution in [0, 0.1) is 5.92 Å². The smallest absolute Gasteiger partial charge is 0.0558 e. The third-order valence-corrected chi connectivity index (χ3v) is 3.90. The Kier molecular flexibility index (Phi) is 5.83. The number of hydrogen-bond acceptors (Lipinski definition) is 3. The minimum Gasteiger partial charge on any atom is -0.395 e. The van der Waals surface area contributed by atoms with Crippen LogP contribution in [0.3, 0.4) is 0 Å². The average Bonchev–Trinajstić information content (AvgIpc) is 2.40. The fourth-order valence-electron chi connectivity index (χ4n) is 2.99. The first kappa shape index (κ1) is 14.5. The van der Waals surface area contributed by atoms with Gasteiger partial charge in [0.15, 0.2) is 0 Å². The number of likely N-dealkylation sites (N-methyl/N-ethyl adjacent to an activating group) is 1. The van der Waals surface area contributed by atoms with Gasteiger partial charge in [0.1, 0.15) is 0 Å². The molecule has 1 saturated heterocycles. The van der Waals surface area contributed by atoms with E-state index in [2.05, 4.69) is 47.2 Å². The van der Waals surface area contributed by atoms with Gasteiger partial charge >= 0.3 is 0 Å². The predicted octanol–water partition coefficient (Wildman–Crippen LogP) is 1.82. The van der Waals surface area contributed by atoms with E-state index < -0.39 is 0 Å². The van der Waals surface area contributed by atoms with Crippen molar-refractivity contribution in [2.75, 3.05) is 39.8 Å². The molecule has 0 unspecified atom stereocenters. The zero-order valence-corrected chi connectivity index (χ0v) is 12.0. The van der Waals surface area contributed by atoms with Crippen LogP contribution in [0.5, 0.6) is 0 Å². The van der Waals surface area contributed by atoms with Gasteiger partial charge in [-0.2, -0.15) is 0 Å². The lowest BCUT2D eigenvalue weighted by atomic mass is 9.97. The molecular formula is C16H26N2O. The summed E-state index contributed by atoms with van der Waals surface area (Å²) in [5, 5.41) is 8.96. The maximum Gasteiger partial charge on any atom is 0.0558 e. The van der Waals surface area contributed by atoms with Gasteiger partial charge in [0.2, 0.25) is 0 Å². The van der Waals surface area contributed by atoms with Gasteiger partial charge in [-0.3, -0.25) is 4.90 Å². The Labute approximate surface area is 116 Å².